The van der Waals surface area contributed by atoms with Crippen molar-refractivity contribution in [1.82, 2.24) is 15.3 Å². The summed E-state index contributed by atoms with van der Waals surface area (Å²) in [6, 6.07) is 0.0430. The Bertz CT molecular complexity index is 1030. The Balaban J connectivity index is 0.000000641. The van der Waals surface area contributed by atoms with Crippen molar-refractivity contribution in [3.05, 3.63) is 18.2 Å². The lowest BCUT2D eigenvalue weighted by molar-refractivity contribution is -0.234. The fraction of sp³-hybridized carbons (Fsp3) is 0.886. The molecule has 0 bridgehead atoms. The van der Waals surface area contributed by atoms with E-state index in [1.807, 2.05) is 6.20 Å². The molecule has 6 N–H and O–H groups in total. The lowest BCUT2D eigenvalue weighted by Crippen LogP contribution is -2.71. The van der Waals surface area contributed by atoms with E-state index in [4.69, 9.17) is 10.2 Å². The van der Waals surface area contributed by atoms with Crippen LogP contribution in [-0.2, 0) is 11.2 Å². The first kappa shape index (κ1) is 34.4. The van der Waals surface area contributed by atoms with Crippen LogP contribution in [0.25, 0.3) is 0 Å². The zero-order chi connectivity index (χ0) is 31.6. The molecule has 0 radical (unpaired) electrons. The number of hydrogen-bond donors (Lipinski definition) is 6. The first-order valence-corrected chi connectivity index (χ1v) is 17.2. The molecule has 4 aliphatic carbocycles. The molecule has 0 saturated heterocycles. The van der Waals surface area contributed by atoms with Gasteiger partial charge in [0.05, 0.1) is 18.0 Å². The molecule has 1 aromatic heterocycles. The lowest BCUT2D eigenvalue weighted by Gasteiger charge is -2.66. The first-order chi connectivity index (χ1) is 20.2. The van der Waals surface area contributed by atoms with Gasteiger partial charge in [-0.05, 0) is 92.8 Å². The highest BCUT2D eigenvalue weighted by Crippen LogP contribution is 2.69. The van der Waals surface area contributed by atoms with Gasteiger partial charge in [-0.2, -0.15) is 0 Å². The smallest absolute Gasteiger partial charge is 0.332 e. The van der Waals surface area contributed by atoms with Crippen LogP contribution >= 0.6 is 0 Å². The number of aliphatic hydroxyl groups is 3. The molecule has 0 spiro atoms. The first-order valence-electron chi connectivity index (χ1n) is 17.2. The number of nitrogens with zero attached hydrogens (tertiary/aromatic N) is 1. The topological polar surface area (TPSA) is 139 Å². The minimum absolute atomic E-state index is 0.0430. The summed E-state index contributed by atoms with van der Waals surface area (Å²) in [5, 5.41) is 42.7. The highest BCUT2D eigenvalue weighted by Gasteiger charge is 2.67. The van der Waals surface area contributed by atoms with Crippen LogP contribution in [0.5, 0.6) is 0 Å². The number of fused-ring (bicyclic) bond motifs is 5. The summed E-state index contributed by atoms with van der Waals surface area (Å²) in [4.78, 5) is 16.8. The number of aliphatic hydroxyl groups excluding tert-OH is 2. The normalized spacial score (nSPS) is 40.0. The molecule has 5 rings (SSSR count). The lowest BCUT2D eigenvalue weighted by atomic mass is 9.42. The van der Waals surface area contributed by atoms with Crippen LogP contribution in [0.3, 0.4) is 0 Å². The number of nitrogens with one attached hydrogen (secondary N) is 2. The largest absolute Gasteiger partial charge is 0.479 e. The van der Waals surface area contributed by atoms with Gasteiger partial charge in [-0.3, -0.25) is 0 Å². The molecule has 8 heteroatoms. The molecule has 11 atom stereocenters. The van der Waals surface area contributed by atoms with Crippen molar-refractivity contribution < 1.29 is 25.2 Å². The molecule has 1 aromatic rings. The van der Waals surface area contributed by atoms with Gasteiger partial charge < -0.3 is 30.7 Å². The van der Waals surface area contributed by atoms with Gasteiger partial charge >= 0.3 is 5.97 Å². The van der Waals surface area contributed by atoms with E-state index in [0.29, 0.717) is 23.7 Å². The van der Waals surface area contributed by atoms with E-state index in [9.17, 15) is 15.0 Å². The Hall–Kier alpha value is -1.48. The third kappa shape index (κ3) is 7.02. The molecule has 0 amide bonds. The van der Waals surface area contributed by atoms with Crippen molar-refractivity contribution in [2.75, 3.05) is 6.54 Å². The number of aliphatic carboxylic acids is 1. The predicted molar refractivity (Wildman–Crippen MR) is 169 cm³/mol. The minimum Gasteiger partial charge on any atom is -0.479 e. The molecule has 0 aliphatic heterocycles. The molecule has 4 saturated carbocycles. The molecule has 4 fully saturated rings. The average Bonchev–Trinajstić information content (AvgIpc) is 3.57. The van der Waals surface area contributed by atoms with Gasteiger partial charge in [-0.25, -0.2) is 9.78 Å². The minimum atomic E-state index is -1.23. The Morgan fingerprint density at radius 2 is 1.81 bits per heavy atom. The summed E-state index contributed by atoms with van der Waals surface area (Å²) in [5.74, 6) is 3.31. The third-order valence-electron chi connectivity index (χ3n) is 12.8. The molecular formula is C35H61N3O5. The van der Waals surface area contributed by atoms with E-state index < -0.39 is 17.7 Å². The second-order valence-corrected chi connectivity index (χ2v) is 15.7. The Labute approximate surface area is 259 Å². The van der Waals surface area contributed by atoms with Gasteiger partial charge in [0.25, 0.3) is 0 Å². The monoisotopic (exact) mass is 603 g/mol. The van der Waals surface area contributed by atoms with E-state index in [2.05, 4.69) is 49.9 Å². The zero-order valence-electron chi connectivity index (χ0n) is 27.7. The van der Waals surface area contributed by atoms with Gasteiger partial charge in [0.15, 0.2) is 0 Å². The van der Waals surface area contributed by atoms with Crippen LogP contribution in [0.15, 0.2) is 12.5 Å². The summed E-state index contributed by atoms with van der Waals surface area (Å²) in [6.45, 7) is 14.3. The van der Waals surface area contributed by atoms with Crippen LogP contribution in [0.4, 0.5) is 0 Å². The number of aromatic nitrogens is 2. The molecule has 4 aliphatic rings. The number of imidazole rings is 1. The van der Waals surface area contributed by atoms with Crippen LogP contribution in [-0.4, -0.2) is 66.8 Å². The van der Waals surface area contributed by atoms with Crippen LogP contribution in [0, 0.1) is 46.3 Å². The summed E-state index contributed by atoms with van der Waals surface area (Å²) in [5.41, 5.74) is 0.618. The van der Waals surface area contributed by atoms with Gasteiger partial charge in [-0.1, -0.05) is 53.9 Å². The van der Waals surface area contributed by atoms with E-state index in [0.717, 1.165) is 61.6 Å². The number of rotatable bonds is 10. The summed E-state index contributed by atoms with van der Waals surface area (Å²) >= 11 is 0. The van der Waals surface area contributed by atoms with Crippen LogP contribution < -0.4 is 5.32 Å². The SMILES string of the molecule is CC(C)CCC[C@@H](C)[C@H]1CC[C@H]2[C@@H]3C[C@@H](NCCc4cnc[nH]4)[C@@]4(O)C[C@@H](O)CC[C@]4(C)[C@H]3CC[C@]12C.C[C@H](O)C(=O)O. The Morgan fingerprint density at radius 1 is 1.09 bits per heavy atom. The van der Waals surface area contributed by atoms with Crippen LogP contribution in [0.1, 0.15) is 118 Å². The Morgan fingerprint density at radius 3 is 2.44 bits per heavy atom. The maximum atomic E-state index is 12.4. The fourth-order valence-corrected chi connectivity index (χ4v) is 10.4. The Kier molecular flexibility index (Phi) is 11.1. The second-order valence-electron chi connectivity index (χ2n) is 15.7. The molecule has 246 valence electrons. The van der Waals surface area contributed by atoms with Crippen molar-refractivity contribution in [1.29, 1.82) is 0 Å². The third-order valence-corrected chi connectivity index (χ3v) is 12.8. The molecule has 8 nitrogen and oxygen atoms in total. The van der Waals surface area contributed by atoms with E-state index in [1.165, 1.54) is 51.9 Å². The van der Waals surface area contributed by atoms with Crippen molar-refractivity contribution in [3.8, 4) is 0 Å². The molecule has 43 heavy (non-hydrogen) atoms. The van der Waals surface area contributed by atoms with Gasteiger partial charge in [0.1, 0.15) is 6.10 Å². The summed E-state index contributed by atoms with van der Waals surface area (Å²) in [7, 11) is 0. The van der Waals surface area contributed by atoms with Crippen molar-refractivity contribution in [3.63, 3.8) is 0 Å². The van der Waals surface area contributed by atoms with Crippen molar-refractivity contribution >= 4 is 5.97 Å². The highest BCUT2D eigenvalue weighted by molar-refractivity contribution is 5.71. The molecule has 0 unspecified atom stereocenters. The fourth-order valence-electron chi connectivity index (χ4n) is 10.4. The summed E-state index contributed by atoms with van der Waals surface area (Å²) < 4.78 is 0. The molecular weight excluding hydrogens is 542 g/mol. The van der Waals surface area contributed by atoms with Crippen molar-refractivity contribution in [2.45, 2.75) is 142 Å². The number of carboxylic acids is 1. The maximum Gasteiger partial charge on any atom is 0.332 e. The van der Waals surface area contributed by atoms with Crippen molar-refractivity contribution in [2.24, 2.45) is 46.3 Å². The van der Waals surface area contributed by atoms with E-state index >= 15 is 0 Å². The van der Waals surface area contributed by atoms with E-state index in [1.54, 1.807) is 6.33 Å². The maximum absolute atomic E-state index is 12.4. The van der Waals surface area contributed by atoms with Gasteiger partial charge in [-0.15, -0.1) is 0 Å². The standard InChI is InChI=1S/C32H55N3O2.C3H6O3/c1-21(2)7-6-8-22(3)26-9-10-27-25-17-29(34-16-13-23-19-33-20-35-23)32(37)18-24(36)11-15-31(32,5)28(25)12-14-30(26,27)4;1-2(4)3(5)6/h19-22,24-29,34,36-37H,6-18H2,1-5H3,(H,33,35);2,4H,1H3,(H,5,6)/t22-,24+,25+,26-,27+,28+,29-,30-,31-,32+;2-/m10/s1. The quantitative estimate of drug-likeness (QED) is 0.206. The van der Waals surface area contributed by atoms with Gasteiger partial charge in [0.2, 0.25) is 0 Å². The summed E-state index contributed by atoms with van der Waals surface area (Å²) in [6.07, 6.45) is 15.7. The number of carboxylic acid groups (broad SMARTS) is 1. The second kappa shape index (κ2) is 13.9. The zero-order valence-corrected chi connectivity index (χ0v) is 27.7. The van der Waals surface area contributed by atoms with E-state index in [-0.39, 0.29) is 17.6 Å². The number of carbonyl (C=O) groups is 1. The molecule has 1 heterocycles. The number of H-pyrrole nitrogens is 1. The average molecular weight is 604 g/mol. The van der Waals surface area contributed by atoms with Gasteiger partial charge in [0, 0.05) is 42.7 Å². The number of hydrogen-bond acceptors (Lipinski definition) is 6. The molecule has 0 aromatic carbocycles. The number of aromatic amines is 1. The van der Waals surface area contributed by atoms with Crippen LogP contribution in [0.2, 0.25) is 0 Å². The predicted octanol–water partition coefficient (Wildman–Crippen LogP) is 5.57. The highest BCUT2D eigenvalue weighted by atomic mass is 16.4.